The van der Waals surface area contributed by atoms with Gasteiger partial charge in [0.1, 0.15) is 0 Å². The van der Waals surface area contributed by atoms with Crippen molar-refractivity contribution in [2.75, 3.05) is 13.2 Å². The third-order valence-electron chi connectivity index (χ3n) is 1.09. The lowest BCUT2D eigenvalue weighted by Gasteiger charge is -1.96. The van der Waals surface area contributed by atoms with Crippen molar-refractivity contribution >= 4 is 5.97 Å². The zero-order chi connectivity index (χ0) is 11.4. The molecule has 0 fully saturated rings. The van der Waals surface area contributed by atoms with Crippen molar-refractivity contribution in [3.8, 4) is 0 Å². The molecule has 0 bridgehead atoms. The molecule has 0 atom stereocenters. The van der Waals surface area contributed by atoms with E-state index in [9.17, 15) is 4.79 Å². The molecule has 0 aliphatic rings. The Bertz CT molecular complexity index is 185. The smallest absolute Gasteiger partial charge is 0.338 e. The zero-order valence-electron chi connectivity index (χ0n) is 8.69. The van der Waals surface area contributed by atoms with Crippen LogP contribution in [0.2, 0.25) is 0 Å². The van der Waals surface area contributed by atoms with E-state index in [1.165, 1.54) is 0 Å². The van der Waals surface area contributed by atoms with E-state index in [4.69, 9.17) is 10.2 Å². The number of esters is 1. The van der Waals surface area contributed by atoms with E-state index in [2.05, 4.69) is 11.3 Å². The number of hydrogen-bond acceptors (Lipinski definition) is 4. The Hall–Kier alpha value is -1.13. The highest BCUT2D eigenvalue weighted by Gasteiger charge is 2.01. The van der Waals surface area contributed by atoms with Crippen LogP contribution in [0.25, 0.3) is 0 Å². The van der Waals surface area contributed by atoms with E-state index in [-0.39, 0.29) is 13.2 Å². The minimum absolute atomic E-state index is 0.0404. The van der Waals surface area contributed by atoms with Gasteiger partial charge in [0.15, 0.2) is 0 Å². The van der Waals surface area contributed by atoms with Crippen molar-refractivity contribution in [2.24, 2.45) is 0 Å². The lowest BCUT2D eigenvalue weighted by molar-refractivity contribution is -0.133. The van der Waals surface area contributed by atoms with Gasteiger partial charge in [0.2, 0.25) is 0 Å². The molecular formula is C10H18O4. The summed E-state index contributed by atoms with van der Waals surface area (Å²) in [6.07, 6.45) is 3.17. The minimum Gasteiger partial charge on any atom is -0.432 e. The highest BCUT2D eigenvalue weighted by atomic mass is 16.5. The molecule has 4 heteroatoms. The molecule has 0 radical (unpaired) electrons. The van der Waals surface area contributed by atoms with E-state index in [0.29, 0.717) is 12.0 Å². The second kappa shape index (κ2) is 11.9. The maximum atomic E-state index is 10.8. The van der Waals surface area contributed by atoms with Crippen LogP contribution in [0.4, 0.5) is 0 Å². The average Bonchev–Trinajstić information content (AvgIpc) is 2.15. The second-order valence-electron chi connectivity index (χ2n) is 2.29. The number of aliphatic hydroxyl groups is 2. The summed E-state index contributed by atoms with van der Waals surface area (Å²) < 4.78 is 4.48. The van der Waals surface area contributed by atoms with Crippen molar-refractivity contribution < 1.29 is 19.7 Å². The monoisotopic (exact) mass is 202 g/mol. The van der Waals surface area contributed by atoms with Gasteiger partial charge in [0.25, 0.3) is 0 Å². The van der Waals surface area contributed by atoms with Gasteiger partial charge in [0, 0.05) is 18.8 Å². The molecule has 0 aliphatic heterocycles. The van der Waals surface area contributed by atoms with E-state index in [0.717, 1.165) is 6.26 Å². The van der Waals surface area contributed by atoms with Crippen LogP contribution in [0.5, 0.6) is 0 Å². The summed E-state index contributed by atoms with van der Waals surface area (Å²) in [6.45, 7) is 6.84. The molecule has 0 saturated carbocycles. The van der Waals surface area contributed by atoms with E-state index >= 15 is 0 Å². The van der Waals surface area contributed by atoms with Gasteiger partial charge in [-0.1, -0.05) is 12.7 Å². The first-order valence-electron chi connectivity index (χ1n) is 4.34. The van der Waals surface area contributed by atoms with E-state index < -0.39 is 5.97 Å². The second-order valence-corrected chi connectivity index (χ2v) is 2.29. The molecule has 14 heavy (non-hydrogen) atoms. The SMILES string of the molecule is C=COC(=O)/C(C)=C/CCO.CCO. The average molecular weight is 202 g/mol. The molecule has 0 heterocycles. The summed E-state index contributed by atoms with van der Waals surface area (Å²) in [7, 11) is 0. The molecule has 2 N–H and O–H groups in total. The molecule has 0 unspecified atom stereocenters. The maximum absolute atomic E-state index is 10.8. The number of rotatable bonds is 4. The molecule has 82 valence electrons. The van der Waals surface area contributed by atoms with Crippen LogP contribution < -0.4 is 0 Å². The molecule has 4 nitrogen and oxygen atoms in total. The minimum atomic E-state index is -0.423. The van der Waals surface area contributed by atoms with Crippen LogP contribution in [0.3, 0.4) is 0 Å². The van der Waals surface area contributed by atoms with Crippen molar-refractivity contribution in [3.63, 3.8) is 0 Å². The van der Waals surface area contributed by atoms with Crippen LogP contribution in [0.15, 0.2) is 24.5 Å². The fraction of sp³-hybridized carbons (Fsp3) is 0.500. The van der Waals surface area contributed by atoms with Gasteiger partial charge >= 0.3 is 5.97 Å². The highest BCUT2D eigenvalue weighted by Crippen LogP contribution is 1.98. The molecule has 0 amide bonds. The Morgan fingerprint density at radius 3 is 2.36 bits per heavy atom. The first-order chi connectivity index (χ1) is 6.63. The number of carbonyl (C=O) groups is 1. The van der Waals surface area contributed by atoms with Crippen molar-refractivity contribution in [1.29, 1.82) is 0 Å². The van der Waals surface area contributed by atoms with Crippen LogP contribution in [-0.2, 0) is 9.53 Å². The predicted octanol–water partition coefficient (Wildman–Crippen LogP) is 1.00. The van der Waals surface area contributed by atoms with Gasteiger partial charge in [-0.25, -0.2) is 4.79 Å². The Balaban J connectivity index is 0. The molecular weight excluding hydrogens is 184 g/mol. The fourth-order valence-corrected chi connectivity index (χ4v) is 0.533. The Morgan fingerprint density at radius 2 is 2.00 bits per heavy atom. The standard InChI is InChI=1S/C8H12O3.C2H6O/c1-3-11-8(10)7(2)5-4-6-9;1-2-3/h3,5,9H,1,4,6H2,2H3;3H,2H2,1H3/b7-5+;. The predicted molar refractivity (Wildman–Crippen MR) is 54.5 cm³/mol. The van der Waals surface area contributed by atoms with Crippen molar-refractivity contribution in [3.05, 3.63) is 24.5 Å². The van der Waals surface area contributed by atoms with Crippen molar-refractivity contribution in [1.82, 2.24) is 0 Å². The first kappa shape index (κ1) is 15.3. The fourth-order valence-electron chi connectivity index (χ4n) is 0.533. The van der Waals surface area contributed by atoms with Gasteiger partial charge in [-0.15, -0.1) is 0 Å². The maximum Gasteiger partial charge on any atom is 0.338 e. The first-order valence-corrected chi connectivity index (χ1v) is 4.34. The molecule has 0 aromatic heterocycles. The van der Waals surface area contributed by atoms with Gasteiger partial charge in [-0.2, -0.15) is 0 Å². The number of aliphatic hydroxyl groups excluding tert-OH is 2. The highest BCUT2D eigenvalue weighted by molar-refractivity contribution is 5.88. The summed E-state index contributed by atoms with van der Waals surface area (Å²) in [4.78, 5) is 10.8. The summed E-state index contributed by atoms with van der Waals surface area (Å²) in [5.74, 6) is -0.423. The molecule has 0 saturated heterocycles. The molecule has 0 rings (SSSR count). The summed E-state index contributed by atoms with van der Waals surface area (Å²) in [6, 6.07) is 0. The number of hydrogen-bond donors (Lipinski definition) is 2. The lowest BCUT2D eigenvalue weighted by atomic mass is 10.2. The number of ether oxygens (including phenoxy) is 1. The van der Waals surface area contributed by atoms with E-state index in [1.54, 1.807) is 19.9 Å². The molecule has 0 spiro atoms. The van der Waals surface area contributed by atoms with Gasteiger partial charge in [-0.05, 0) is 20.3 Å². The normalized spacial score (nSPS) is 9.86. The number of carbonyl (C=O) groups excluding carboxylic acids is 1. The summed E-state index contributed by atoms with van der Waals surface area (Å²) in [5, 5.41) is 16.0. The third-order valence-corrected chi connectivity index (χ3v) is 1.09. The van der Waals surface area contributed by atoms with Crippen LogP contribution in [-0.4, -0.2) is 29.4 Å². The largest absolute Gasteiger partial charge is 0.432 e. The van der Waals surface area contributed by atoms with Gasteiger partial charge in [-0.3, -0.25) is 0 Å². The Labute approximate surface area is 84.5 Å². The van der Waals surface area contributed by atoms with Crippen LogP contribution in [0, 0.1) is 0 Å². The lowest BCUT2D eigenvalue weighted by Crippen LogP contribution is -2.00. The van der Waals surface area contributed by atoms with Gasteiger partial charge < -0.3 is 14.9 Å². The van der Waals surface area contributed by atoms with Gasteiger partial charge in [0.05, 0.1) is 6.26 Å². The Kier molecular flexibility index (Phi) is 13.0. The Morgan fingerprint density at radius 1 is 1.50 bits per heavy atom. The third kappa shape index (κ3) is 10.9. The summed E-state index contributed by atoms with van der Waals surface area (Å²) >= 11 is 0. The molecule has 0 aliphatic carbocycles. The van der Waals surface area contributed by atoms with E-state index in [1.807, 2.05) is 0 Å². The van der Waals surface area contributed by atoms with Crippen LogP contribution in [0.1, 0.15) is 20.3 Å². The quantitative estimate of drug-likeness (QED) is 0.405. The van der Waals surface area contributed by atoms with Crippen molar-refractivity contribution in [2.45, 2.75) is 20.3 Å². The molecule has 0 aromatic carbocycles. The zero-order valence-corrected chi connectivity index (χ0v) is 8.69. The molecule has 0 aromatic rings. The van der Waals surface area contributed by atoms with Crippen LogP contribution >= 0.6 is 0 Å². The topological polar surface area (TPSA) is 66.8 Å². The summed E-state index contributed by atoms with van der Waals surface area (Å²) in [5.41, 5.74) is 0.485.